The normalized spacial score (nSPS) is 24.1. The summed E-state index contributed by atoms with van der Waals surface area (Å²) in [6.45, 7) is 5.28. The molecule has 3 nitrogen and oxygen atoms in total. The molecule has 0 saturated carbocycles. The van der Waals surface area contributed by atoms with Crippen LogP contribution in [0.2, 0.25) is 10.0 Å². The summed E-state index contributed by atoms with van der Waals surface area (Å²) >= 11 is 13.8. The summed E-state index contributed by atoms with van der Waals surface area (Å²) in [4.78, 5) is 18.2. The van der Waals surface area contributed by atoms with Crippen LogP contribution in [0.1, 0.15) is 18.1 Å². The van der Waals surface area contributed by atoms with E-state index in [0.29, 0.717) is 28.4 Å². The average molecular weight is 461 g/mol. The van der Waals surface area contributed by atoms with Gasteiger partial charge in [-0.2, -0.15) is 0 Å². The fourth-order valence-corrected chi connectivity index (χ4v) is 5.62. The molecule has 2 heterocycles. The number of anilines is 1. The van der Waals surface area contributed by atoms with Crippen LogP contribution in [0.4, 0.5) is 5.69 Å². The molecule has 2 aromatic carbocycles. The molecule has 0 radical (unpaired) electrons. The Balaban J connectivity index is 1.58. The van der Waals surface area contributed by atoms with Crippen LogP contribution in [0.3, 0.4) is 0 Å². The van der Waals surface area contributed by atoms with E-state index >= 15 is 0 Å². The smallest absolute Gasteiger partial charge is 0.264 e. The van der Waals surface area contributed by atoms with E-state index in [1.807, 2.05) is 6.07 Å². The monoisotopic (exact) mass is 460 g/mol. The van der Waals surface area contributed by atoms with Gasteiger partial charge in [0.05, 0.1) is 15.0 Å². The average Bonchev–Trinajstić information content (AvgIpc) is 3.04. The van der Waals surface area contributed by atoms with Crippen molar-refractivity contribution < 1.29 is 4.79 Å². The molecule has 1 amide bonds. The third-order valence-electron chi connectivity index (χ3n) is 6.02. The van der Waals surface area contributed by atoms with Crippen LogP contribution < -0.4 is 4.90 Å². The van der Waals surface area contributed by atoms with E-state index in [0.717, 1.165) is 41.4 Å². The maximum Gasteiger partial charge on any atom is 0.264 e. The quantitative estimate of drug-likeness (QED) is 0.534. The molecule has 0 N–H and O–H groups in total. The van der Waals surface area contributed by atoms with Crippen LogP contribution >= 0.6 is 35.0 Å². The van der Waals surface area contributed by atoms with Gasteiger partial charge < -0.3 is 9.80 Å². The molecule has 2 aliphatic rings. The van der Waals surface area contributed by atoms with Crippen LogP contribution in [0.15, 0.2) is 47.4 Å². The van der Waals surface area contributed by atoms with Crippen molar-refractivity contribution in [1.29, 1.82) is 0 Å². The second kappa shape index (κ2) is 9.35. The van der Waals surface area contributed by atoms with E-state index in [1.165, 1.54) is 5.56 Å². The van der Waals surface area contributed by atoms with Crippen LogP contribution in [0.5, 0.6) is 0 Å². The van der Waals surface area contributed by atoms with Gasteiger partial charge in [-0.3, -0.25) is 4.79 Å². The molecule has 6 heteroatoms. The fraction of sp³-hybridized carbons (Fsp3) is 0.375. The summed E-state index contributed by atoms with van der Waals surface area (Å²) in [7, 11) is 2.19. The van der Waals surface area contributed by atoms with E-state index in [2.05, 4.69) is 49.2 Å². The van der Waals surface area contributed by atoms with Gasteiger partial charge in [-0.05, 0) is 60.7 Å². The minimum Gasteiger partial charge on any atom is -0.307 e. The predicted octanol–water partition coefficient (Wildman–Crippen LogP) is 5.85. The Kier molecular flexibility index (Phi) is 6.78. The van der Waals surface area contributed by atoms with Crippen LogP contribution in [-0.4, -0.2) is 43.2 Å². The molecule has 2 fully saturated rings. The Labute approximate surface area is 193 Å². The standard InChI is InChI=1S/C24H26Cl2N2OS/c1-16-14-27(2)15-19(16)11-17-5-3-4-6-18(17)12-23-24(29)28(9-10-30-23)20-7-8-21(25)22(26)13-20/h3-8,12-13,16,19H,9-11,14-15H2,1-2H3. The van der Waals surface area contributed by atoms with Crippen molar-refractivity contribution >= 4 is 52.6 Å². The largest absolute Gasteiger partial charge is 0.307 e. The number of benzene rings is 2. The summed E-state index contributed by atoms with van der Waals surface area (Å²) < 4.78 is 0. The molecule has 4 rings (SSSR count). The lowest BCUT2D eigenvalue weighted by atomic mass is 9.89. The van der Waals surface area contributed by atoms with Crippen LogP contribution in [-0.2, 0) is 11.2 Å². The summed E-state index contributed by atoms with van der Waals surface area (Å²) in [5.41, 5.74) is 3.25. The van der Waals surface area contributed by atoms with Crippen LogP contribution in [0, 0.1) is 11.8 Å². The SMILES string of the molecule is CC1CN(C)CC1Cc1ccccc1C=C1SCCN(c2ccc(Cl)c(Cl)c2)C1=O. The second-order valence-electron chi connectivity index (χ2n) is 8.27. The molecule has 0 bridgehead atoms. The zero-order valence-corrected chi connectivity index (χ0v) is 19.6. The highest BCUT2D eigenvalue weighted by molar-refractivity contribution is 8.04. The van der Waals surface area contributed by atoms with E-state index in [9.17, 15) is 4.79 Å². The number of halogens is 2. The molecule has 2 unspecified atom stereocenters. The second-order valence-corrected chi connectivity index (χ2v) is 10.2. The molecule has 2 saturated heterocycles. The maximum atomic E-state index is 13.2. The van der Waals surface area contributed by atoms with Crippen molar-refractivity contribution in [3.63, 3.8) is 0 Å². The number of carbonyl (C=O) groups excluding carboxylic acids is 1. The number of carbonyl (C=O) groups is 1. The molecule has 2 aliphatic heterocycles. The lowest BCUT2D eigenvalue weighted by Gasteiger charge is -2.28. The van der Waals surface area contributed by atoms with Gasteiger partial charge in [0.15, 0.2) is 0 Å². The Morgan fingerprint density at radius 1 is 1.13 bits per heavy atom. The summed E-state index contributed by atoms with van der Waals surface area (Å²) in [5.74, 6) is 2.21. The highest BCUT2D eigenvalue weighted by Crippen LogP contribution is 2.34. The topological polar surface area (TPSA) is 23.6 Å². The van der Waals surface area contributed by atoms with E-state index in [-0.39, 0.29) is 5.91 Å². The predicted molar refractivity (Wildman–Crippen MR) is 130 cm³/mol. The zero-order chi connectivity index (χ0) is 21.3. The van der Waals surface area contributed by atoms with Gasteiger partial charge >= 0.3 is 0 Å². The van der Waals surface area contributed by atoms with Crippen molar-refractivity contribution in [2.45, 2.75) is 13.3 Å². The molecule has 0 aromatic heterocycles. The molecular weight excluding hydrogens is 435 g/mol. The molecule has 158 valence electrons. The lowest BCUT2D eigenvalue weighted by Crippen LogP contribution is -2.37. The molecule has 30 heavy (non-hydrogen) atoms. The van der Waals surface area contributed by atoms with Gasteiger partial charge in [0.2, 0.25) is 0 Å². The third-order valence-corrected chi connectivity index (χ3v) is 7.75. The summed E-state index contributed by atoms with van der Waals surface area (Å²) in [6, 6.07) is 13.8. The van der Waals surface area contributed by atoms with E-state index in [1.54, 1.807) is 28.8 Å². The number of likely N-dealkylation sites (tertiary alicyclic amines) is 1. The Bertz CT molecular complexity index is 977. The summed E-state index contributed by atoms with van der Waals surface area (Å²) in [6.07, 6.45) is 3.11. The molecule has 0 aliphatic carbocycles. The molecular formula is C24H26Cl2N2OS. The molecule has 2 atom stereocenters. The van der Waals surface area contributed by atoms with Crippen molar-refractivity contribution in [2.75, 3.05) is 37.3 Å². The van der Waals surface area contributed by atoms with Gasteiger partial charge in [0, 0.05) is 31.1 Å². The third kappa shape index (κ3) is 4.72. The number of thioether (sulfide) groups is 1. The first kappa shape index (κ1) is 21.8. The molecule has 2 aromatic rings. The van der Waals surface area contributed by atoms with Gasteiger partial charge in [-0.25, -0.2) is 0 Å². The van der Waals surface area contributed by atoms with Gasteiger partial charge in [-0.15, -0.1) is 11.8 Å². The molecule has 0 spiro atoms. The van der Waals surface area contributed by atoms with Crippen molar-refractivity contribution in [3.8, 4) is 0 Å². The summed E-state index contributed by atoms with van der Waals surface area (Å²) in [5, 5.41) is 0.961. The van der Waals surface area contributed by atoms with Gasteiger partial charge in [0.25, 0.3) is 5.91 Å². The fourth-order valence-electron chi connectivity index (χ4n) is 4.39. The first-order valence-electron chi connectivity index (χ1n) is 10.3. The minimum atomic E-state index is 0.0217. The first-order chi connectivity index (χ1) is 14.4. The zero-order valence-electron chi connectivity index (χ0n) is 17.3. The van der Waals surface area contributed by atoms with Crippen molar-refractivity contribution in [3.05, 3.63) is 68.5 Å². The van der Waals surface area contributed by atoms with Crippen molar-refractivity contribution in [2.24, 2.45) is 11.8 Å². The highest BCUT2D eigenvalue weighted by Gasteiger charge is 2.29. The van der Waals surface area contributed by atoms with Gasteiger partial charge in [0.1, 0.15) is 0 Å². The number of amides is 1. The van der Waals surface area contributed by atoms with Crippen molar-refractivity contribution in [1.82, 2.24) is 4.90 Å². The van der Waals surface area contributed by atoms with Crippen LogP contribution in [0.25, 0.3) is 6.08 Å². The number of hydrogen-bond donors (Lipinski definition) is 0. The van der Waals surface area contributed by atoms with Gasteiger partial charge in [-0.1, -0.05) is 54.4 Å². The maximum absolute atomic E-state index is 13.2. The highest BCUT2D eigenvalue weighted by atomic mass is 35.5. The number of rotatable bonds is 4. The Hall–Kier alpha value is -1.46. The first-order valence-corrected chi connectivity index (χ1v) is 12.0. The van der Waals surface area contributed by atoms with E-state index < -0.39 is 0 Å². The van der Waals surface area contributed by atoms with E-state index in [4.69, 9.17) is 23.2 Å². The Morgan fingerprint density at radius 2 is 1.93 bits per heavy atom. The Morgan fingerprint density at radius 3 is 2.67 bits per heavy atom. The minimum absolute atomic E-state index is 0.0217. The number of hydrogen-bond acceptors (Lipinski definition) is 3. The lowest BCUT2D eigenvalue weighted by molar-refractivity contribution is -0.114. The number of nitrogens with zero attached hydrogens (tertiary/aromatic N) is 2.